The third-order valence-electron chi connectivity index (χ3n) is 5.18. The van der Waals surface area contributed by atoms with Crippen LogP contribution in [0.1, 0.15) is 28.4 Å². The van der Waals surface area contributed by atoms with Gasteiger partial charge in [-0.2, -0.15) is 18.3 Å². The SMILES string of the molecule is COc1ccc2c(c1)S[C@H](c1ccccc1C(F)(F)F)CCN2Cc1cnn(C)c1. The molecule has 0 saturated heterocycles. The highest BCUT2D eigenvalue weighted by molar-refractivity contribution is 7.99. The molecule has 2 heterocycles. The number of halogens is 3. The number of hydrogen-bond acceptors (Lipinski definition) is 4. The predicted octanol–water partition coefficient (Wildman–Crippen LogP) is 5.69. The molecule has 0 radical (unpaired) electrons. The van der Waals surface area contributed by atoms with Gasteiger partial charge in [0, 0.05) is 42.0 Å². The first-order chi connectivity index (χ1) is 14.3. The van der Waals surface area contributed by atoms with Crippen molar-refractivity contribution in [3.8, 4) is 5.75 Å². The highest BCUT2D eigenvalue weighted by Crippen LogP contribution is 2.49. The zero-order valence-corrected chi connectivity index (χ0v) is 17.5. The molecule has 0 N–H and O–H groups in total. The van der Waals surface area contributed by atoms with E-state index in [1.165, 1.54) is 23.9 Å². The number of ether oxygens (including phenoxy) is 1. The fraction of sp³-hybridized carbons (Fsp3) is 0.318. The Bertz CT molecular complexity index is 1030. The standard InChI is InChI=1S/C22H22F3N3OS/c1-27-13-15(12-26-27)14-28-10-9-20(17-5-3-4-6-18(17)22(23,24)25)30-21-11-16(29-2)7-8-19(21)28/h3-8,11-13,20H,9-10,14H2,1-2H3/t20-/m0/s1. The van der Waals surface area contributed by atoms with Gasteiger partial charge in [0.15, 0.2) is 0 Å². The Labute approximate surface area is 177 Å². The molecule has 4 nitrogen and oxygen atoms in total. The summed E-state index contributed by atoms with van der Waals surface area (Å²) in [5, 5.41) is 3.92. The fourth-order valence-electron chi connectivity index (χ4n) is 3.78. The van der Waals surface area contributed by atoms with Crippen LogP contribution in [0.4, 0.5) is 18.9 Å². The van der Waals surface area contributed by atoms with Crippen molar-refractivity contribution in [2.24, 2.45) is 7.05 Å². The topological polar surface area (TPSA) is 30.3 Å². The van der Waals surface area contributed by atoms with Crippen molar-refractivity contribution >= 4 is 17.4 Å². The Hall–Kier alpha value is -2.61. The van der Waals surface area contributed by atoms with Crippen molar-refractivity contribution in [2.75, 3.05) is 18.6 Å². The maximum absolute atomic E-state index is 13.6. The average molecular weight is 433 g/mol. The van der Waals surface area contributed by atoms with E-state index < -0.39 is 11.7 Å². The molecule has 1 aliphatic rings. The number of fused-ring (bicyclic) bond motifs is 1. The monoisotopic (exact) mass is 433 g/mol. The van der Waals surface area contributed by atoms with E-state index in [-0.39, 0.29) is 5.25 Å². The first-order valence-corrected chi connectivity index (χ1v) is 10.5. The van der Waals surface area contributed by atoms with Crippen LogP contribution in [0, 0.1) is 0 Å². The fourth-order valence-corrected chi connectivity index (χ4v) is 5.14. The van der Waals surface area contributed by atoms with E-state index in [0.717, 1.165) is 16.1 Å². The quantitative estimate of drug-likeness (QED) is 0.529. The third kappa shape index (κ3) is 4.28. The van der Waals surface area contributed by atoms with Gasteiger partial charge >= 0.3 is 6.18 Å². The lowest BCUT2D eigenvalue weighted by Crippen LogP contribution is -2.24. The number of nitrogens with zero attached hydrogens (tertiary/aromatic N) is 3. The van der Waals surface area contributed by atoms with Crippen molar-refractivity contribution in [2.45, 2.75) is 29.3 Å². The first kappa shape index (κ1) is 20.7. The number of alkyl halides is 3. The molecule has 3 aromatic rings. The number of aromatic nitrogens is 2. The second kappa shape index (κ2) is 8.26. The molecule has 8 heteroatoms. The van der Waals surface area contributed by atoms with Crippen molar-refractivity contribution in [1.29, 1.82) is 0 Å². The molecule has 0 aliphatic carbocycles. The van der Waals surface area contributed by atoms with Crippen LogP contribution < -0.4 is 9.64 Å². The van der Waals surface area contributed by atoms with Crippen molar-refractivity contribution in [1.82, 2.24) is 9.78 Å². The molecule has 0 saturated carbocycles. The van der Waals surface area contributed by atoms with Crippen LogP contribution in [-0.2, 0) is 19.8 Å². The van der Waals surface area contributed by atoms with Crippen molar-refractivity contribution < 1.29 is 17.9 Å². The zero-order valence-electron chi connectivity index (χ0n) is 16.7. The normalized spacial score (nSPS) is 16.8. The molecule has 1 aromatic heterocycles. The summed E-state index contributed by atoms with van der Waals surface area (Å²) >= 11 is 1.47. The molecule has 30 heavy (non-hydrogen) atoms. The third-order valence-corrected chi connectivity index (χ3v) is 6.54. The van der Waals surface area contributed by atoms with Crippen LogP contribution in [0.25, 0.3) is 0 Å². The van der Waals surface area contributed by atoms with Gasteiger partial charge in [-0.25, -0.2) is 0 Å². The van der Waals surface area contributed by atoms with Gasteiger partial charge in [0.1, 0.15) is 5.75 Å². The minimum absolute atomic E-state index is 0.312. The summed E-state index contributed by atoms with van der Waals surface area (Å²) < 4.78 is 48.0. The van der Waals surface area contributed by atoms with E-state index in [2.05, 4.69) is 10.00 Å². The lowest BCUT2D eigenvalue weighted by atomic mass is 10.0. The van der Waals surface area contributed by atoms with Crippen LogP contribution in [-0.4, -0.2) is 23.4 Å². The molecule has 0 amide bonds. The summed E-state index contributed by atoms with van der Waals surface area (Å²) in [7, 11) is 3.46. The molecule has 0 unspecified atom stereocenters. The number of benzene rings is 2. The minimum atomic E-state index is -4.38. The van der Waals surface area contributed by atoms with Gasteiger partial charge in [-0.1, -0.05) is 18.2 Å². The van der Waals surface area contributed by atoms with Gasteiger partial charge in [-0.05, 0) is 36.2 Å². The Morgan fingerprint density at radius 3 is 2.70 bits per heavy atom. The highest BCUT2D eigenvalue weighted by Gasteiger charge is 2.36. The number of aryl methyl sites for hydroxylation is 1. The van der Waals surface area contributed by atoms with E-state index in [0.29, 0.717) is 30.8 Å². The van der Waals surface area contributed by atoms with Crippen LogP contribution in [0.2, 0.25) is 0 Å². The summed E-state index contributed by atoms with van der Waals surface area (Å²) in [5.41, 5.74) is 1.81. The van der Waals surface area contributed by atoms with Crippen LogP contribution in [0.15, 0.2) is 59.8 Å². The van der Waals surface area contributed by atoms with E-state index in [1.54, 1.807) is 23.9 Å². The minimum Gasteiger partial charge on any atom is -0.497 e. The summed E-state index contributed by atoms with van der Waals surface area (Å²) in [6.07, 6.45) is -0.0135. The molecule has 4 rings (SSSR count). The van der Waals surface area contributed by atoms with Gasteiger partial charge in [-0.3, -0.25) is 4.68 Å². The highest BCUT2D eigenvalue weighted by atomic mass is 32.2. The van der Waals surface area contributed by atoms with Gasteiger partial charge in [0.25, 0.3) is 0 Å². The van der Waals surface area contributed by atoms with Crippen LogP contribution in [0.5, 0.6) is 5.75 Å². The zero-order chi connectivity index (χ0) is 21.3. The molecule has 1 atom stereocenters. The molecule has 0 spiro atoms. The van der Waals surface area contributed by atoms with Crippen LogP contribution >= 0.6 is 11.8 Å². The summed E-state index contributed by atoms with van der Waals surface area (Å²) in [6.45, 7) is 1.28. The lowest BCUT2D eigenvalue weighted by molar-refractivity contribution is -0.138. The first-order valence-electron chi connectivity index (χ1n) is 9.58. The number of rotatable bonds is 4. The predicted molar refractivity (Wildman–Crippen MR) is 112 cm³/mol. The van der Waals surface area contributed by atoms with Crippen molar-refractivity contribution in [3.63, 3.8) is 0 Å². The Morgan fingerprint density at radius 1 is 1.20 bits per heavy atom. The molecule has 2 aromatic carbocycles. The number of thioether (sulfide) groups is 1. The van der Waals surface area contributed by atoms with Gasteiger partial charge in [-0.15, -0.1) is 11.8 Å². The second-order valence-corrected chi connectivity index (χ2v) is 8.50. The molecular formula is C22H22F3N3OS. The van der Waals surface area contributed by atoms with E-state index >= 15 is 0 Å². The molecule has 158 valence electrons. The molecular weight excluding hydrogens is 411 g/mol. The number of hydrogen-bond donors (Lipinski definition) is 0. The number of anilines is 1. The molecule has 1 aliphatic heterocycles. The van der Waals surface area contributed by atoms with E-state index in [1.807, 2.05) is 37.6 Å². The van der Waals surface area contributed by atoms with Crippen LogP contribution in [0.3, 0.4) is 0 Å². The average Bonchev–Trinajstić information content (AvgIpc) is 3.04. The van der Waals surface area contributed by atoms with Gasteiger partial charge in [0.05, 0.1) is 24.6 Å². The largest absolute Gasteiger partial charge is 0.497 e. The number of methoxy groups -OCH3 is 1. The Morgan fingerprint density at radius 2 is 2.00 bits per heavy atom. The van der Waals surface area contributed by atoms with E-state index in [4.69, 9.17) is 4.74 Å². The smallest absolute Gasteiger partial charge is 0.416 e. The summed E-state index contributed by atoms with van der Waals surface area (Å²) in [4.78, 5) is 3.12. The lowest BCUT2D eigenvalue weighted by Gasteiger charge is -2.24. The van der Waals surface area contributed by atoms with Gasteiger partial charge in [0.2, 0.25) is 0 Å². The summed E-state index contributed by atoms with van der Waals surface area (Å²) in [6, 6.07) is 11.7. The maximum Gasteiger partial charge on any atom is 0.416 e. The molecule has 0 fully saturated rings. The second-order valence-electron chi connectivity index (χ2n) is 7.26. The van der Waals surface area contributed by atoms with E-state index in [9.17, 15) is 13.2 Å². The Balaban J connectivity index is 1.72. The maximum atomic E-state index is 13.6. The Kier molecular flexibility index (Phi) is 5.69. The van der Waals surface area contributed by atoms with Crippen molar-refractivity contribution in [3.05, 3.63) is 71.5 Å². The van der Waals surface area contributed by atoms with Gasteiger partial charge < -0.3 is 9.64 Å². The molecule has 0 bridgehead atoms. The summed E-state index contributed by atoms with van der Waals surface area (Å²) in [5.74, 6) is 0.687.